The number of nitrogens with one attached hydrogen (secondary N) is 1. The molecule has 4 rings (SSSR count). The molecule has 1 N–H and O–H groups in total. The number of nitrogens with zero attached hydrogens (tertiary/aromatic N) is 4. The minimum atomic E-state index is -0.455. The highest BCUT2D eigenvalue weighted by Crippen LogP contribution is 2.36. The first kappa shape index (κ1) is 25.2. The van der Waals surface area contributed by atoms with Crippen LogP contribution in [0.1, 0.15) is 44.1 Å². The minimum Gasteiger partial charge on any atom is -0.361 e. The second-order valence-corrected chi connectivity index (χ2v) is 10.2. The molecule has 3 fully saturated rings. The zero-order valence-electron chi connectivity index (χ0n) is 20.8. The van der Waals surface area contributed by atoms with E-state index in [1.165, 1.54) is 0 Å². The molecule has 0 aliphatic carbocycles. The Bertz CT molecular complexity index is 938. The average Bonchev–Trinajstić information content (AvgIpc) is 2.88. The lowest BCUT2D eigenvalue weighted by molar-refractivity contribution is -0.134. The van der Waals surface area contributed by atoms with E-state index in [-0.39, 0.29) is 11.8 Å². The van der Waals surface area contributed by atoms with Crippen molar-refractivity contribution >= 4 is 36.0 Å². The van der Waals surface area contributed by atoms with E-state index in [1.807, 2.05) is 29.0 Å². The van der Waals surface area contributed by atoms with Gasteiger partial charge in [0.15, 0.2) is 0 Å². The Hall–Kier alpha value is -2.94. The molecule has 1 unspecified atom stereocenters. The monoisotopic (exact) mass is 483 g/mol. The maximum atomic E-state index is 12.5. The number of hydrogen-bond donors (Lipinski definition) is 1. The number of carbonyl (C=O) groups excluding carboxylic acids is 4. The van der Waals surface area contributed by atoms with Crippen molar-refractivity contribution in [2.45, 2.75) is 51.1 Å². The molecule has 0 spiro atoms. The third-order valence-corrected chi connectivity index (χ3v) is 8.08. The Morgan fingerprint density at radius 2 is 1.63 bits per heavy atom. The van der Waals surface area contributed by atoms with Gasteiger partial charge in [-0.2, -0.15) is 0 Å². The smallest absolute Gasteiger partial charge is 0.249 e. The van der Waals surface area contributed by atoms with Gasteiger partial charge in [0.1, 0.15) is 6.04 Å². The molecule has 1 aromatic carbocycles. The van der Waals surface area contributed by atoms with Crippen molar-refractivity contribution in [3.05, 3.63) is 23.8 Å². The van der Waals surface area contributed by atoms with Crippen molar-refractivity contribution in [3.63, 3.8) is 0 Å². The molecule has 1 atom stereocenters. The molecule has 0 radical (unpaired) electrons. The number of likely N-dealkylation sites (tertiary alicyclic amines) is 2. The average molecular weight is 484 g/mol. The van der Waals surface area contributed by atoms with Gasteiger partial charge in [0.2, 0.25) is 24.6 Å². The lowest BCUT2D eigenvalue weighted by Crippen LogP contribution is -2.51. The Kier molecular flexibility index (Phi) is 8.05. The second-order valence-electron chi connectivity index (χ2n) is 10.2. The molecule has 9 nitrogen and oxygen atoms in total. The highest BCUT2D eigenvalue weighted by atomic mass is 16.2. The second kappa shape index (κ2) is 11.2. The molecule has 3 aliphatic rings. The summed E-state index contributed by atoms with van der Waals surface area (Å²) >= 11 is 0. The summed E-state index contributed by atoms with van der Waals surface area (Å²) in [5.74, 6) is 0.879. The van der Waals surface area contributed by atoms with Crippen LogP contribution in [0, 0.1) is 11.8 Å². The van der Waals surface area contributed by atoms with Gasteiger partial charge in [-0.3, -0.25) is 29.4 Å². The van der Waals surface area contributed by atoms with Crippen molar-refractivity contribution < 1.29 is 19.2 Å². The first-order valence-electron chi connectivity index (χ1n) is 12.7. The van der Waals surface area contributed by atoms with E-state index in [4.69, 9.17) is 0 Å². The quantitative estimate of drug-likeness (QED) is 0.446. The number of anilines is 2. The van der Waals surface area contributed by atoms with Crippen molar-refractivity contribution in [3.8, 4) is 0 Å². The van der Waals surface area contributed by atoms with E-state index in [1.54, 1.807) is 11.9 Å². The maximum Gasteiger partial charge on any atom is 0.249 e. The number of piperidine rings is 3. The topological polar surface area (TPSA) is 93.3 Å². The predicted molar refractivity (Wildman–Crippen MR) is 134 cm³/mol. The van der Waals surface area contributed by atoms with Gasteiger partial charge in [-0.25, -0.2) is 0 Å². The van der Waals surface area contributed by atoms with Gasteiger partial charge in [0, 0.05) is 40.2 Å². The molecule has 0 saturated carbocycles. The first-order valence-corrected chi connectivity index (χ1v) is 12.7. The number of likely N-dealkylation sites (N-methyl/N-ethyl adjacent to an activating group) is 1. The Balaban J connectivity index is 1.44. The van der Waals surface area contributed by atoms with E-state index < -0.39 is 6.04 Å². The van der Waals surface area contributed by atoms with Gasteiger partial charge >= 0.3 is 0 Å². The summed E-state index contributed by atoms with van der Waals surface area (Å²) in [6.45, 7) is 4.51. The molecule has 35 heavy (non-hydrogen) atoms. The van der Waals surface area contributed by atoms with Crippen LogP contribution in [-0.4, -0.2) is 80.8 Å². The third-order valence-electron chi connectivity index (χ3n) is 8.08. The number of para-hydroxylation sites is 1. The number of hydrogen-bond acceptors (Lipinski definition) is 6. The van der Waals surface area contributed by atoms with Gasteiger partial charge in [0.25, 0.3) is 0 Å². The fraction of sp³-hybridized carbons (Fsp3) is 0.615. The van der Waals surface area contributed by atoms with Crippen molar-refractivity contribution in [2.75, 3.05) is 50.1 Å². The molecular weight excluding hydrogens is 446 g/mol. The number of carbonyl (C=O) groups is 4. The number of benzene rings is 1. The summed E-state index contributed by atoms with van der Waals surface area (Å²) in [7, 11) is 3.59. The maximum absolute atomic E-state index is 12.5. The Morgan fingerprint density at radius 1 is 0.971 bits per heavy atom. The summed E-state index contributed by atoms with van der Waals surface area (Å²) in [5.41, 5.74) is 2.66. The summed E-state index contributed by atoms with van der Waals surface area (Å²) in [5, 5.41) is 2.43. The molecule has 3 saturated heterocycles. The molecule has 1 aromatic rings. The first-order chi connectivity index (χ1) is 16.9. The SMILES string of the molecule is CN(C=O)c1c(CN2CCC(C3CCN(C=O)CC3)CC2)cccc1N(C)C1CCC(=O)NC1=O. The predicted octanol–water partition coefficient (Wildman–Crippen LogP) is 1.60. The molecule has 3 heterocycles. The van der Waals surface area contributed by atoms with Gasteiger partial charge in [0.05, 0.1) is 11.4 Å². The van der Waals surface area contributed by atoms with Crippen LogP contribution in [-0.2, 0) is 25.7 Å². The molecule has 0 bridgehead atoms. The van der Waals surface area contributed by atoms with Crippen molar-refractivity contribution in [1.29, 1.82) is 0 Å². The molecular formula is C26H37N5O4. The van der Waals surface area contributed by atoms with Crippen LogP contribution in [0.4, 0.5) is 11.4 Å². The van der Waals surface area contributed by atoms with E-state index in [0.717, 1.165) is 88.2 Å². The Labute approximate surface area is 207 Å². The Morgan fingerprint density at radius 3 is 2.23 bits per heavy atom. The highest BCUT2D eigenvalue weighted by Gasteiger charge is 2.33. The zero-order valence-corrected chi connectivity index (χ0v) is 20.8. The van der Waals surface area contributed by atoms with Crippen molar-refractivity contribution in [1.82, 2.24) is 15.1 Å². The zero-order chi connectivity index (χ0) is 24.9. The van der Waals surface area contributed by atoms with Gasteiger partial charge < -0.3 is 14.7 Å². The van der Waals surface area contributed by atoms with Crippen molar-refractivity contribution in [2.24, 2.45) is 11.8 Å². The van der Waals surface area contributed by atoms with E-state index in [2.05, 4.69) is 16.3 Å². The summed E-state index contributed by atoms with van der Waals surface area (Å²) < 4.78 is 0. The molecule has 190 valence electrons. The van der Waals surface area contributed by atoms with Crippen LogP contribution in [0.5, 0.6) is 0 Å². The largest absolute Gasteiger partial charge is 0.361 e. The fourth-order valence-electron chi connectivity index (χ4n) is 5.99. The molecule has 4 amide bonds. The van der Waals surface area contributed by atoms with Crippen LogP contribution in [0.15, 0.2) is 18.2 Å². The summed E-state index contributed by atoms with van der Waals surface area (Å²) in [4.78, 5) is 54.7. The number of imide groups is 1. The van der Waals surface area contributed by atoms with Gasteiger partial charge in [-0.1, -0.05) is 12.1 Å². The van der Waals surface area contributed by atoms with Crippen LogP contribution >= 0.6 is 0 Å². The van der Waals surface area contributed by atoms with Gasteiger partial charge in [-0.15, -0.1) is 0 Å². The summed E-state index contributed by atoms with van der Waals surface area (Å²) in [6, 6.07) is 5.50. The standard InChI is InChI=1S/C26H37N5O4/c1-28(17-32)25-21(4-3-5-22(25)29(2)23-6-7-24(34)27-26(23)35)16-30-12-8-19(9-13-30)20-10-14-31(18-33)15-11-20/h3-5,17-20,23H,6-16H2,1-2H3,(H,27,34,35). The van der Waals surface area contributed by atoms with Crippen LogP contribution in [0.2, 0.25) is 0 Å². The lowest BCUT2D eigenvalue weighted by Gasteiger charge is -2.40. The normalized spacial score (nSPS) is 22.6. The van der Waals surface area contributed by atoms with E-state index in [0.29, 0.717) is 24.7 Å². The van der Waals surface area contributed by atoms with Crippen LogP contribution < -0.4 is 15.1 Å². The van der Waals surface area contributed by atoms with Crippen LogP contribution in [0.25, 0.3) is 0 Å². The van der Waals surface area contributed by atoms with E-state index >= 15 is 0 Å². The van der Waals surface area contributed by atoms with Crippen LogP contribution in [0.3, 0.4) is 0 Å². The molecule has 9 heteroatoms. The minimum absolute atomic E-state index is 0.240. The lowest BCUT2D eigenvalue weighted by atomic mass is 9.79. The highest BCUT2D eigenvalue weighted by molar-refractivity contribution is 6.02. The fourth-order valence-corrected chi connectivity index (χ4v) is 5.99. The number of amides is 4. The van der Waals surface area contributed by atoms with E-state index in [9.17, 15) is 19.2 Å². The summed E-state index contributed by atoms with van der Waals surface area (Å²) in [6.07, 6.45) is 7.05. The molecule has 0 aromatic heterocycles. The molecule has 3 aliphatic heterocycles. The third kappa shape index (κ3) is 5.66. The number of rotatable bonds is 8. The van der Waals surface area contributed by atoms with Gasteiger partial charge in [-0.05, 0) is 68.7 Å².